The summed E-state index contributed by atoms with van der Waals surface area (Å²) in [4.78, 5) is 20.6. The predicted molar refractivity (Wildman–Crippen MR) is 125 cm³/mol. The van der Waals surface area contributed by atoms with Gasteiger partial charge in [-0.25, -0.2) is 0 Å². The summed E-state index contributed by atoms with van der Waals surface area (Å²) in [7, 11) is 1.46. The summed E-state index contributed by atoms with van der Waals surface area (Å²) in [6.07, 6.45) is 1.36. The molecule has 0 saturated carbocycles. The second-order valence-electron chi connectivity index (χ2n) is 6.54. The lowest BCUT2D eigenvalue weighted by Crippen LogP contribution is -2.00. The molecule has 0 fully saturated rings. The van der Waals surface area contributed by atoms with Crippen LogP contribution in [0, 0.1) is 20.2 Å². The Morgan fingerprint density at radius 3 is 2.52 bits per heavy atom. The summed E-state index contributed by atoms with van der Waals surface area (Å²) in [5.74, 6) is 0.683. The fraction of sp³-hybridized carbons (Fsp3) is 0.0952. The van der Waals surface area contributed by atoms with Crippen LogP contribution < -0.4 is 14.9 Å². The minimum Gasteiger partial charge on any atom is -0.493 e. The van der Waals surface area contributed by atoms with Crippen molar-refractivity contribution in [2.75, 3.05) is 12.5 Å². The van der Waals surface area contributed by atoms with Crippen molar-refractivity contribution in [3.05, 3.63) is 96.0 Å². The van der Waals surface area contributed by atoms with Gasteiger partial charge in [0.1, 0.15) is 12.3 Å². The monoisotopic (exact) mass is 490 g/mol. The van der Waals surface area contributed by atoms with Crippen LogP contribution in [0.15, 0.2) is 59.7 Å². The highest BCUT2D eigenvalue weighted by Crippen LogP contribution is 2.37. The first kappa shape index (κ1) is 23.8. The first-order valence-corrected chi connectivity index (χ1v) is 10.0. The van der Waals surface area contributed by atoms with E-state index in [9.17, 15) is 20.2 Å². The van der Waals surface area contributed by atoms with Crippen LogP contribution in [0.3, 0.4) is 0 Å². The van der Waals surface area contributed by atoms with E-state index in [4.69, 9.17) is 32.7 Å². The average Bonchev–Trinajstić information content (AvgIpc) is 2.78. The zero-order chi connectivity index (χ0) is 24.0. The molecule has 0 aliphatic rings. The van der Waals surface area contributed by atoms with Crippen LogP contribution in [0.2, 0.25) is 10.0 Å². The Bertz CT molecular complexity index is 1240. The van der Waals surface area contributed by atoms with Crippen molar-refractivity contribution in [2.45, 2.75) is 6.61 Å². The van der Waals surface area contributed by atoms with Crippen LogP contribution in [0.5, 0.6) is 11.5 Å². The molecule has 0 saturated heterocycles. The molecule has 3 rings (SSSR count). The lowest BCUT2D eigenvalue weighted by molar-refractivity contribution is -0.393. The Kier molecular flexibility index (Phi) is 7.65. The third-order valence-electron chi connectivity index (χ3n) is 4.31. The van der Waals surface area contributed by atoms with Gasteiger partial charge in [-0.05, 0) is 41.5 Å². The minimum atomic E-state index is -0.739. The maximum absolute atomic E-state index is 11.2. The second-order valence-corrected chi connectivity index (χ2v) is 7.38. The number of ether oxygens (including phenoxy) is 2. The standard InChI is InChI=1S/C21H16Cl2N4O6/c1-32-20-9-14(8-17(23)21(20)33-12-13-3-2-4-15(22)7-13)11-24-25-18-6-5-16(26(28)29)10-19(18)27(30)31/h2-11,25H,12H2,1H3/b24-11+. The predicted octanol–water partition coefficient (Wildman–Crippen LogP) is 5.84. The molecule has 0 aliphatic heterocycles. The molecule has 3 aromatic carbocycles. The topological polar surface area (TPSA) is 129 Å². The van der Waals surface area contributed by atoms with E-state index in [-0.39, 0.29) is 17.3 Å². The Morgan fingerprint density at radius 2 is 1.85 bits per heavy atom. The van der Waals surface area contributed by atoms with Gasteiger partial charge in [-0.2, -0.15) is 5.10 Å². The minimum absolute atomic E-state index is 0.0126. The van der Waals surface area contributed by atoms with Gasteiger partial charge in [0.05, 0.1) is 34.3 Å². The molecule has 0 spiro atoms. The van der Waals surface area contributed by atoms with E-state index in [0.29, 0.717) is 22.1 Å². The number of nitrogens with one attached hydrogen (secondary N) is 1. The van der Waals surface area contributed by atoms with E-state index < -0.39 is 21.2 Å². The molecule has 0 bridgehead atoms. The quantitative estimate of drug-likeness (QED) is 0.226. The van der Waals surface area contributed by atoms with E-state index in [0.717, 1.165) is 17.7 Å². The number of non-ortho nitro benzene ring substituents is 1. The van der Waals surface area contributed by atoms with Gasteiger partial charge in [-0.15, -0.1) is 0 Å². The molecule has 0 aromatic heterocycles. The summed E-state index contributed by atoms with van der Waals surface area (Å²) in [5, 5.41) is 26.9. The van der Waals surface area contributed by atoms with Crippen molar-refractivity contribution >= 4 is 46.5 Å². The molecule has 170 valence electrons. The van der Waals surface area contributed by atoms with Gasteiger partial charge in [-0.1, -0.05) is 35.3 Å². The lowest BCUT2D eigenvalue weighted by atomic mass is 10.2. The van der Waals surface area contributed by atoms with Crippen LogP contribution in [0.25, 0.3) is 0 Å². The third-order valence-corrected chi connectivity index (χ3v) is 4.83. The number of rotatable bonds is 9. The molecule has 0 amide bonds. The number of anilines is 1. The van der Waals surface area contributed by atoms with E-state index in [1.807, 2.05) is 12.1 Å². The number of hydrazone groups is 1. The second kappa shape index (κ2) is 10.6. The fourth-order valence-electron chi connectivity index (χ4n) is 2.79. The van der Waals surface area contributed by atoms with Crippen molar-refractivity contribution in [1.29, 1.82) is 0 Å². The highest BCUT2D eigenvalue weighted by Gasteiger charge is 2.19. The SMILES string of the molecule is COc1cc(/C=N/Nc2ccc([N+](=O)[O-])cc2[N+](=O)[O-])cc(Cl)c1OCc1cccc(Cl)c1. The number of nitro benzene ring substituents is 2. The Morgan fingerprint density at radius 1 is 1.06 bits per heavy atom. The maximum Gasteiger partial charge on any atom is 0.301 e. The van der Waals surface area contributed by atoms with Crippen molar-refractivity contribution in [3.8, 4) is 11.5 Å². The molecular formula is C21H16Cl2N4O6. The van der Waals surface area contributed by atoms with Gasteiger partial charge < -0.3 is 9.47 Å². The lowest BCUT2D eigenvalue weighted by Gasteiger charge is -2.13. The van der Waals surface area contributed by atoms with Gasteiger partial charge in [0.2, 0.25) is 0 Å². The van der Waals surface area contributed by atoms with Crippen molar-refractivity contribution in [3.63, 3.8) is 0 Å². The van der Waals surface area contributed by atoms with Crippen LogP contribution in [0.4, 0.5) is 17.1 Å². The van der Waals surface area contributed by atoms with Crippen LogP contribution in [0.1, 0.15) is 11.1 Å². The summed E-state index contributed by atoms with van der Waals surface area (Å²) in [6, 6.07) is 13.6. The number of nitro groups is 2. The van der Waals surface area contributed by atoms with Gasteiger partial charge in [0.25, 0.3) is 5.69 Å². The summed E-state index contributed by atoms with van der Waals surface area (Å²) >= 11 is 12.3. The molecule has 0 unspecified atom stereocenters. The first-order valence-electron chi connectivity index (χ1n) is 9.25. The highest BCUT2D eigenvalue weighted by molar-refractivity contribution is 6.32. The van der Waals surface area contributed by atoms with E-state index in [1.165, 1.54) is 19.4 Å². The van der Waals surface area contributed by atoms with Crippen molar-refractivity contribution in [1.82, 2.24) is 0 Å². The number of halogens is 2. The number of methoxy groups -OCH3 is 1. The Balaban J connectivity index is 1.77. The Hall–Kier alpha value is -3.89. The summed E-state index contributed by atoms with van der Waals surface area (Å²) in [5.41, 5.74) is 2.98. The summed E-state index contributed by atoms with van der Waals surface area (Å²) in [6.45, 7) is 0.218. The van der Waals surface area contributed by atoms with Gasteiger partial charge in [-0.3, -0.25) is 25.7 Å². The zero-order valence-electron chi connectivity index (χ0n) is 17.0. The van der Waals surface area contributed by atoms with E-state index >= 15 is 0 Å². The molecule has 3 aromatic rings. The molecule has 1 N–H and O–H groups in total. The Labute approximate surface area is 197 Å². The molecule has 10 nitrogen and oxygen atoms in total. The van der Waals surface area contributed by atoms with Gasteiger partial charge >= 0.3 is 5.69 Å². The number of nitrogens with zero attached hydrogens (tertiary/aromatic N) is 3. The van der Waals surface area contributed by atoms with Crippen molar-refractivity contribution in [2.24, 2.45) is 5.10 Å². The number of hydrogen-bond acceptors (Lipinski definition) is 8. The summed E-state index contributed by atoms with van der Waals surface area (Å²) < 4.78 is 11.2. The van der Waals surface area contributed by atoms with E-state index in [2.05, 4.69) is 10.5 Å². The van der Waals surface area contributed by atoms with Crippen LogP contribution in [-0.2, 0) is 6.61 Å². The smallest absolute Gasteiger partial charge is 0.301 e. The average molecular weight is 491 g/mol. The molecule has 0 radical (unpaired) electrons. The third kappa shape index (κ3) is 6.09. The number of hydrogen-bond donors (Lipinski definition) is 1. The molecule has 0 aliphatic carbocycles. The van der Waals surface area contributed by atoms with Crippen molar-refractivity contribution < 1.29 is 19.3 Å². The molecule has 0 heterocycles. The van der Waals surface area contributed by atoms with Crippen LogP contribution in [-0.4, -0.2) is 23.2 Å². The highest BCUT2D eigenvalue weighted by atomic mass is 35.5. The van der Waals surface area contributed by atoms with Gasteiger partial charge in [0.15, 0.2) is 11.5 Å². The van der Waals surface area contributed by atoms with Crippen LogP contribution >= 0.6 is 23.2 Å². The molecule has 33 heavy (non-hydrogen) atoms. The fourth-order valence-corrected chi connectivity index (χ4v) is 3.28. The number of benzene rings is 3. The maximum atomic E-state index is 11.2. The molecule has 0 atom stereocenters. The van der Waals surface area contributed by atoms with E-state index in [1.54, 1.807) is 24.3 Å². The molecule has 12 heteroatoms. The van der Waals surface area contributed by atoms with Gasteiger partial charge in [0, 0.05) is 11.1 Å². The largest absolute Gasteiger partial charge is 0.493 e. The zero-order valence-corrected chi connectivity index (χ0v) is 18.5. The molecular weight excluding hydrogens is 475 g/mol. The first-order chi connectivity index (χ1) is 15.8. The normalized spacial score (nSPS) is 10.8.